The summed E-state index contributed by atoms with van der Waals surface area (Å²) in [7, 11) is 0. The number of benzene rings is 2. The second kappa shape index (κ2) is 8.53. The molecule has 1 unspecified atom stereocenters. The van der Waals surface area contributed by atoms with Gasteiger partial charge in [0.15, 0.2) is 0 Å². The Morgan fingerprint density at radius 2 is 1.69 bits per heavy atom. The lowest BCUT2D eigenvalue weighted by Gasteiger charge is -2.36. The summed E-state index contributed by atoms with van der Waals surface area (Å²) < 4.78 is 5.49. The van der Waals surface area contributed by atoms with Gasteiger partial charge in [0.05, 0.1) is 6.04 Å². The molecule has 2 aromatic carbocycles. The minimum atomic E-state index is -0.0640. The number of amides is 1. The molecule has 1 aliphatic heterocycles. The fraction of sp³-hybridized carbons (Fsp3) is 0.286. The molecule has 1 aromatic heterocycles. The number of piperazine rings is 1. The molecule has 4 rings (SSSR count). The van der Waals surface area contributed by atoms with Gasteiger partial charge in [0.25, 0.3) is 5.91 Å². The van der Waals surface area contributed by atoms with E-state index < -0.39 is 0 Å². The molecule has 29 heavy (non-hydrogen) atoms. The molecule has 2 heterocycles. The second-order valence-electron chi connectivity index (χ2n) is 6.98. The zero-order chi connectivity index (χ0) is 20.4. The summed E-state index contributed by atoms with van der Waals surface area (Å²) in [6, 6.07) is 14.6. The van der Waals surface area contributed by atoms with Crippen molar-refractivity contribution in [3.8, 4) is 11.4 Å². The van der Waals surface area contributed by atoms with Crippen LogP contribution in [0.4, 0.5) is 0 Å². The summed E-state index contributed by atoms with van der Waals surface area (Å²) in [5.74, 6) is 1.09. The van der Waals surface area contributed by atoms with Crippen LogP contribution in [0.1, 0.15) is 29.2 Å². The van der Waals surface area contributed by atoms with Gasteiger partial charge in [-0.15, -0.1) is 0 Å². The third-order valence-corrected chi connectivity index (χ3v) is 5.53. The lowest BCUT2D eigenvalue weighted by Crippen LogP contribution is -2.49. The van der Waals surface area contributed by atoms with Crippen LogP contribution < -0.4 is 0 Å². The van der Waals surface area contributed by atoms with Crippen molar-refractivity contribution in [1.29, 1.82) is 0 Å². The van der Waals surface area contributed by atoms with Gasteiger partial charge in [-0.1, -0.05) is 58.7 Å². The molecule has 0 saturated carbocycles. The number of hydrogen-bond donors (Lipinski definition) is 0. The number of hydrogen-bond acceptors (Lipinski definition) is 5. The first-order valence-electron chi connectivity index (χ1n) is 9.40. The van der Waals surface area contributed by atoms with E-state index in [4.69, 9.17) is 27.7 Å². The van der Waals surface area contributed by atoms with E-state index in [1.54, 1.807) is 18.2 Å². The van der Waals surface area contributed by atoms with Gasteiger partial charge in [-0.3, -0.25) is 9.69 Å². The van der Waals surface area contributed by atoms with Gasteiger partial charge < -0.3 is 9.42 Å². The maximum absolute atomic E-state index is 12.8. The highest BCUT2D eigenvalue weighted by Gasteiger charge is 2.28. The Labute approximate surface area is 179 Å². The summed E-state index contributed by atoms with van der Waals surface area (Å²) >= 11 is 12.1. The van der Waals surface area contributed by atoms with E-state index in [-0.39, 0.29) is 11.9 Å². The zero-order valence-electron chi connectivity index (χ0n) is 15.9. The predicted molar refractivity (Wildman–Crippen MR) is 112 cm³/mol. The van der Waals surface area contributed by atoms with E-state index in [0.29, 0.717) is 53.5 Å². The van der Waals surface area contributed by atoms with Gasteiger partial charge in [0.1, 0.15) is 0 Å². The number of nitrogens with zero attached hydrogens (tertiary/aromatic N) is 4. The molecular weight excluding hydrogens is 411 g/mol. The summed E-state index contributed by atoms with van der Waals surface area (Å²) in [6.07, 6.45) is 0. The van der Waals surface area contributed by atoms with Gasteiger partial charge in [0.2, 0.25) is 11.7 Å². The maximum atomic E-state index is 12.8. The van der Waals surface area contributed by atoms with Crippen molar-refractivity contribution in [3.05, 3.63) is 70.0 Å². The first-order valence-corrected chi connectivity index (χ1v) is 10.2. The van der Waals surface area contributed by atoms with Gasteiger partial charge in [0, 0.05) is 47.4 Å². The number of carbonyl (C=O) groups excluding carboxylic acids is 1. The largest absolute Gasteiger partial charge is 0.337 e. The van der Waals surface area contributed by atoms with Gasteiger partial charge in [-0.2, -0.15) is 4.98 Å². The van der Waals surface area contributed by atoms with Crippen molar-refractivity contribution in [2.24, 2.45) is 0 Å². The molecule has 0 radical (unpaired) electrons. The molecule has 0 aliphatic carbocycles. The van der Waals surface area contributed by atoms with E-state index >= 15 is 0 Å². The molecule has 0 N–H and O–H groups in total. The minimum absolute atomic E-state index is 0.0298. The Hall–Kier alpha value is -2.41. The Balaban J connectivity index is 1.39. The van der Waals surface area contributed by atoms with Crippen LogP contribution in [0.5, 0.6) is 0 Å². The molecule has 1 saturated heterocycles. The lowest BCUT2D eigenvalue weighted by atomic mass is 10.1. The van der Waals surface area contributed by atoms with E-state index in [1.165, 1.54) is 0 Å². The Kier molecular flexibility index (Phi) is 5.85. The molecule has 150 valence electrons. The van der Waals surface area contributed by atoms with Crippen molar-refractivity contribution < 1.29 is 9.32 Å². The highest BCUT2D eigenvalue weighted by Crippen LogP contribution is 2.25. The average molecular weight is 431 g/mol. The fourth-order valence-electron chi connectivity index (χ4n) is 3.44. The predicted octanol–water partition coefficient (Wildman–Crippen LogP) is 4.56. The minimum Gasteiger partial charge on any atom is -0.337 e. The number of halogens is 2. The van der Waals surface area contributed by atoms with Crippen LogP contribution in [-0.4, -0.2) is 52.0 Å². The Bertz CT molecular complexity index is 981. The monoisotopic (exact) mass is 430 g/mol. The zero-order valence-corrected chi connectivity index (χ0v) is 17.4. The van der Waals surface area contributed by atoms with Crippen molar-refractivity contribution in [2.45, 2.75) is 13.0 Å². The summed E-state index contributed by atoms with van der Waals surface area (Å²) in [6.45, 7) is 4.67. The first-order chi connectivity index (χ1) is 14.0. The molecule has 1 atom stereocenters. The first kappa shape index (κ1) is 19.9. The van der Waals surface area contributed by atoms with E-state index in [2.05, 4.69) is 15.0 Å². The maximum Gasteiger partial charge on any atom is 0.254 e. The van der Waals surface area contributed by atoms with Crippen LogP contribution in [0, 0.1) is 0 Å². The molecule has 0 spiro atoms. The molecule has 3 aromatic rings. The van der Waals surface area contributed by atoms with Crippen molar-refractivity contribution in [2.75, 3.05) is 26.2 Å². The van der Waals surface area contributed by atoms with Gasteiger partial charge in [-0.05, 0) is 25.1 Å². The second-order valence-corrected chi connectivity index (χ2v) is 7.86. The van der Waals surface area contributed by atoms with E-state index in [9.17, 15) is 4.79 Å². The third-order valence-electron chi connectivity index (χ3n) is 5.09. The molecule has 8 heteroatoms. The third kappa shape index (κ3) is 4.45. The summed E-state index contributed by atoms with van der Waals surface area (Å²) in [5, 5.41) is 5.01. The summed E-state index contributed by atoms with van der Waals surface area (Å²) in [4.78, 5) is 21.4. The molecule has 1 amide bonds. The van der Waals surface area contributed by atoms with Crippen LogP contribution in [0.25, 0.3) is 11.4 Å². The fourth-order valence-corrected chi connectivity index (χ4v) is 3.96. The Morgan fingerprint density at radius 3 is 2.34 bits per heavy atom. The standard InChI is InChI=1S/C21H20Cl2N4O2/c1-14(20-24-19(25-29-20)15-5-3-2-4-6-15)26-7-9-27(10-8-26)21(28)16-11-17(22)13-18(23)12-16/h2-6,11-14H,7-10H2,1H3. The van der Waals surface area contributed by atoms with Crippen LogP contribution in [-0.2, 0) is 0 Å². The van der Waals surface area contributed by atoms with Crippen LogP contribution in [0.2, 0.25) is 10.0 Å². The number of rotatable bonds is 4. The number of aromatic nitrogens is 2. The van der Waals surface area contributed by atoms with Crippen LogP contribution >= 0.6 is 23.2 Å². The highest BCUT2D eigenvalue weighted by atomic mass is 35.5. The molecule has 1 fully saturated rings. The number of carbonyl (C=O) groups is 1. The topological polar surface area (TPSA) is 62.5 Å². The normalized spacial score (nSPS) is 16.0. The van der Waals surface area contributed by atoms with Crippen molar-refractivity contribution in [1.82, 2.24) is 19.9 Å². The highest BCUT2D eigenvalue weighted by molar-refractivity contribution is 6.35. The molecule has 6 nitrogen and oxygen atoms in total. The SMILES string of the molecule is CC(c1nc(-c2ccccc2)no1)N1CCN(C(=O)c2cc(Cl)cc(Cl)c2)CC1. The molecule has 0 bridgehead atoms. The van der Waals surface area contributed by atoms with Gasteiger partial charge in [-0.25, -0.2) is 0 Å². The molecule has 1 aliphatic rings. The molecular formula is C21H20Cl2N4O2. The van der Waals surface area contributed by atoms with Crippen molar-refractivity contribution >= 4 is 29.1 Å². The Morgan fingerprint density at radius 1 is 1.03 bits per heavy atom. The lowest BCUT2D eigenvalue weighted by molar-refractivity contribution is 0.0551. The van der Waals surface area contributed by atoms with Crippen molar-refractivity contribution in [3.63, 3.8) is 0 Å². The quantitative estimate of drug-likeness (QED) is 0.606. The average Bonchev–Trinajstić information content (AvgIpc) is 3.23. The van der Waals surface area contributed by atoms with E-state index in [0.717, 1.165) is 5.56 Å². The van der Waals surface area contributed by atoms with E-state index in [1.807, 2.05) is 42.2 Å². The van der Waals surface area contributed by atoms with Gasteiger partial charge >= 0.3 is 0 Å². The van der Waals surface area contributed by atoms with Crippen LogP contribution in [0.3, 0.4) is 0 Å². The van der Waals surface area contributed by atoms with Crippen LogP contribution in [0.15, 0.2) is 53.1 Å². The summed E-state index contributed by atoms with van der Waals surface area (Å²) in [5.41, 5.74) is 1.43. The smallest absolute Gasteiger partial charge is 0.254 e.